The van der Waals surface area contributed by atoms with Gasteiger partial charge in [0.1, 0.15) is 6.61 Å². The second-order valence-corrected chi connectivity index (χ2v) is 3.55. The minimum atomic E-state index is -4.13. The highest BCUT2D eigenvalue weighted by molar-refractivity contribution is 5.81. The van der Waals surface area contributed by atoms with E-state index in [1.54, 1.807) is 6.92 Å². The Labute approximate surface area is 87.8 Å². The van der Waals surface area contributed by atoms with Gasteiger partial charge in [-0.2, -0.15) is 13.2 Å². The van der Waals surface area contributed by atoms with Crippen LogP contribution in [0.4, 0.5) is 13.2 Å². The number of alkyl halides is 3. The van der Waals surface area contributed by atoms with Crippen LogP contribution in [0.5, 0.6) is 0 Å². The van der Waals surface area contributed by atoms with Crippen LogP contribution >= 0.6 is 0 Å². The van der Waals surface area contributed by atoms with Gasteiger partial charge < -0.3 is 4.74 Å². The van der Waals surface area contributed by atoms with Crippen molar-refractivity contribution in [2.45, 2.75) is 39.3 Å². The summed E-state index contributed by atoms with van der Waals surface area (Å²) in [7, 11) is 0. The molecule has 0 aliphatic heterocycles. The Balaban J connectivity index is 3.43. The maximum Gasteiger partial charge on any atom is 0.389 e. The second-order valence-electron chi connectivity index (χ2n) is 3.55. The zero-order chi connectivity index (χ0) is 11.9. The van der Waals surface area contributed by atoms with Crippen molar-refractivity contribution in [3.8, 4) is 0 Å². The molecule has 0 amide bonds. The second kappa shape index (κ2) is 6.82. The lowest BCUT2D eigenvalue weighted by atomic mass is 10.1. The molecule has 0 aliphatic rings. The molecule has 0 N–H and O–H groups in total. The Kier molecular flexibility index (Phi) is 6.56. The van der Waals surface area contributed by atoms with Crippen LogP contribution in [-0.4, -0.2) is 25.2 Å². The van der Waals surface area contributed by atoms with Crippen LogP contribution in [0.1, 0.15) is 33.1 Å². The van der Waals surface area contributed by atoms with Gasteiger partial charge in [-0.1, -0.05) is 13.8 Å². The van der Waals surface area contributed by atoms with Crippen LogP contribution in [0.25, 0.3) is 0 Å². The first-order valence-electron chi connectivity index (χ1n) is 5.04. The number of ketones is 1. The molecule has 0 saturated carbocycles. The van der Waals surface area contributed by atoms with Gasteiger partial charge in [0.2, 0.25) is 0 Å². The summed E-state index contributed by atoms with van der Waals surface area (Å²) < 4.78 is 40.0. The molecule has 0 aromatic rings. The molecule has 0 fully saturated rings. The first-order valence-corrected chi connectivity index (χ1v) is 5.04. The smallest absolute Gasteiger partial charge is 0.374 e. The van der Waals surface area contributed by atoms with E-state index in [1.807, 2.05) is 6.92 Å². The normalized spacial score (nSPS) is 13.9. The summed E-state index contributed by atoms with van der Waals surface area (Å²) >= 11 is 0. The quantitative estimate of drug-likeness (QED) is 0.624. The van der Waals surface area contributed by atoms with E-state index < -0.39 is 12.6 Å². The molecule has 0 aromatic heterocycles. The van der Waals surface area contributed by atoms with Crippen molar-refractivity contribution in [3.05, 3.63) is 0 Å². The molecule has 1 unspecified atom stereocenters. The Bertz CT molecular complexity index is 190. The zero-order valence-electron chi connectivity index (χ0n) is 9.06. The van der Waals surface area contributed by atoms with Crippen molar-refractivity contribution in [2.24, 2.45) is 5.92 Å². The fraction of sp³-hybridized carbons (Fsp3) is 0.900. The largest absolute Gasteiger partial charge is 0.389 e. The maximum absolute atomic E-state index is 11.7. The van der Waals surface area contributed by atoms with E-state index in [-0.39, 0.29) is 31.3 Å². The number of carbonyl (C=O) groups is 1. The summed E-state index contributed by atoms with van der Waals surface area (Å²) in [5.41, 5.74) is 0. The van der Waals surface area contributed by atoms with Crippen LogP contribution in [0.3, 0.4) is 0 Å². The number of hydrogen-bond donors (Lipinski definition) is 0. The number of rotatable bonds is 7. The van der Waals surface area contributed by atoms with Crippen LogP contribution in [-0.2, 0) is 9.53 Å². The predicted molar refractivity (Wildman–Crippen MR) is 50.6 cm³/mol. The van der Waals surface area contributed by atoms with Gasteiger partial charge in [0, 0.05) is 18.9 Å². The molecule has 0 aliphatic carbocycles. The van der Waals surface area contributed by atoms with Gasteiger partial charge in [0.05, 0.1) is 0 Å². The molecule has 0 aromatic carbocycles. The van der Waals surface area contributed by atoms with Gasteiger partial charge in [-0.3, -0.25) is 4.79 Å². The first kappa shape index (κ1) is 14.4. The third-order valence-electron chi connectivity index (χ3n) is 2.16. The van der Waals surface area contributed by atoms with Gasteiger partial charge in [-0.05, 0) is 12.8 Å². The molecule has 0 radical (unpaired) electrons. The van der Waals surface area contributed by atoms with Crippen molar-refractivity contribution in [3.63, 3.8) is 0 Å². The van der Waals surface area contributed by atoms with Gasteiger partial charge in [-0.25, -0.2) is 0 Å². The van der Waals surface area contributed by atoms with Crippen LogP contribution < -0.4 is 0 Å². The third kappa shape index (κ3) is 8.42. The maximum atomic E-state index is 11.7. The number of carbonyl (C=O) groups excluding carboxylic acids is 1. The van der Waals surface area contributed by atoms with Gasteiger partial charge in [-0.15, -0.1) is 0 Å². The first-order chi connectivity index (χ1) is 6.87. The molecule has 2 nitrogen and oxygen atoms in total. The van der Waals surface area contributed by atoms with Crippen LogP contribution in [0.2, 0.25) is 0 Å². The summed E-state index contributed by atoms with van der Waals surface area (Å²) in [5, 5.41) is 0. The standard InChI is InChI=1S/C10H17F3O2/c1-3-8(2)9(14)7-15-6-4-5-10(11,12)13/h8H,3-7H2,1-2H3. The number of Topliss-reactive ketones (excluding diaryl/α,β-unsaturated/α-hetero) is 1. The van der Waals surface area contributed by atoms with Crippen molar-refractivity contribution in [2.75, 3.05) is 13.2 Å². The van der Waals surface area contributed by atoms with E-state index in [9.17, 15) is 18.0 Å². The molecule has 0 spiro atoms. The molecular formula is C10H17F3O2. The zero-order valence-corrected chi connectivity index (χ0v) is 9.06. The van der Waals surface area contributed by atoms with Crippen molar-refractivity contribution >= 4 is 5.78 Å². The van der Waals surface area contributed by atoms with Gasteiger partial charge >= 0.3 is 6.18 Å². The molecule has 0 bridgehead atoms. The lowest BCUT2D eigenvalue weighted by Crippen LogP contribution is -2.17. The molecule has 15 heavy (non-hydrogen) atoms. The van der Waals surface area contributed by atoms with Crippen molar-refractivity contribution in [1.29, 1.82) is 0 Å². The van der Waals surface area contributed by atoms with E-state index in [0.29, 0.717) is 0 Å². The van der Waals surface area contributed by atoms with E-state index in [0.717, 1.165) is 6.42 Å². The SMILES string of the molecule is CCC(C)C(=O)COCCCC(F)(F)F. The van der Waals surface area contributed by atoms with E-state index in [1.165, 1.54) is 0 Å². The summed E-state index contributed by atoms with van der Waals surface area (Å²) in [4.78, 5) is 11.2. The van der Waals surface area contributed by atoms with Gasteiger partial charge in [0.25, 0.3) is 0 Å². The molecular weight excluding hydrogens is 209 g/mol. The summed E-state index contributed by atoms with van der Waals surface area (Å²) in [6, 6.07) is 0. The van der Waals surface area contributed by atoms with Crippen LogP contribution in [0.15, 0.2) is 0 Å². The van der Waals surface area contributed by atoms with Crippen molar-refractivity contribution < 1.29 is 22.7 Å². The monoisotopic (exact) mass is 226 g/mol. The summed E-state index contributed by atoms with van der Waals surface area (Å²) in [6.07, 6.45) is -4.35. The number of ether oxygens (including phenoxy) is 1. The number of halogens is 3. The molecule has 5 heteroatoms. The Morgan fingerprint density at radius 2 is 2.00 bits per heavy atom. The summed E-state index contributed by atoms with van der Waals surface area (Å²) in [5.74, 6) is -0.128. The Hall–Kier alpha value is -0.580. The summed E-state index contributed by atoms with van der Waals surface area (Å²) in [6.45, 7) is 3.57. The highest BCUT2D eigenvalue weighted by atomic mass is 19.4. The molecule has 90 valence electrons. The lowest BCUT2D eigenvalue weighted by molar-refractivity contribution is -0.138. The predicted octanol–water partition coefficient (Wildman–Crippen LogP) is 2.96. The topological polar surface area (TPSA) is 26.3 Å². The highest BCUT2D eigenvalue weighted by Crippen LogP contribution is 2.20. The Morgan fingerprint density at radius 3 is 2.47 bits per heavy atom. The minimum Gasteiger partial charge on any atom is -0.374 e. The average Bonchev–Trinajstić information content (AvgIpc) is 2.14. The Morgan fingerprint density at radius 1 is 1.40 bits per heavy atom. The highest BCUT2D eigenvalue weighted by Gasteiger charge is 2.26. The lowest BCUT2D eigenvalue weighted by Gasteiger charge is -2.09. The molecule has 1 atom stereocenters. The van der Waals surface area contributed by atoms with E-state index in [4.69, 9.17) is 4.74 Å². The van der Waals surface area contributed by atoms with Gasteiger partial charge in [0.15, 0.2) is 5.78 Å². The van der Waals surface area contributed by atoms with Crippen molar-refractivity contribution in [1.82, 2.24) is 0 Å². The fourth-order valence-electron chi connectivity index (χ4n) is 0.917. The van der Waals surface area contributed by atoms with Crippen LogP contribution in [0, 0.1) is 5.92 Å². The molecule has 0 rings (SSSR count). The fourth-order valence-corrected chi connectivity index (χ4v) is 0.917. The van der Waals surface area contributed by atoms with E-state index in [2.05, 4.69) is 0 Å². The molecule has 0 saturated heterocycles. The third-order valence-corrected chi connectivity index (χ3v) is 2.16. The number of hydrogen-bond acceptors (Lipinski definition) is 2. The average molecular weight is 226 g/mol. The minimum absolute atomic E-state index is 0.0122. The van der Waals surface area contributed by atoms with E-state index >= 15 is 0 Å². The molecule has 0 heterocycles.